The number of benzene rings is 1. The Balaban J connectivity index is 1.60. The van der Waals surface area contributed by atoms with Crippen molar-refractivity contribution in [1.82, 2.24) is 4.90 Å². The highest BCUT2D eigenvalue weighted by atomic mass is 32.2. The Kier molecular flexibility index (Phi) is 5.03. The second-order valence-corrected chi connectivity index (χ2v) is 7.53. The van der Waals surface area contributed by atoms with Gasteiger partial charge >= 0.3 is 0 Å². The Morgan fingerprint density at radius 1 is 1.32 bits per heavy atom. The molecule has 2 heterocycles. The van der Waals surface area contributed by atoms with E-state index >= 15 is 0 Å². The number of thioether (sulfide) groups is 1. The van der Waals surface area contributed by atoms with Gasteiger partial charge in [-0.1, -0.05) is 12.1 Å². The average Bonchev–Trinajstić information content (AvgIpc) is 2.89. The molecule has 2 aliphatic heterocycles. The molecule has 1 aromatic rings. The van der Waals surface area contributed by atoms with Gasteiger partial charge < -0.3 is 9.64 Å². The van der Waals surface area contributed by atoms with Gasteiger partial charge in [0.25, 0.3) is 0 Å². The molecule has 0 aromatic heterocycles. The Morgan fingerprint density at radius 2 is 2.09 bits per heavy atom. The van der Waals surface area contributed by atoms with E-state index < -0.39 is 0 Å². The summed E-state index contributed by atoms with van der Waals surface area (Å²) in [6, 6.07) is 7.02. The van der Waals surface area contributed by atoms with E-state index in [1.165, 1.54) is 6.07 Å². The van der Waals surface area contributed by atoms with Crippen molar-refractivity contribution in [2.45, 2.75) is 42.7 Å². The highest BCUT2D eigenvalue weighted by Gasteiger charge is 2.37. The summed E-state index contributed by atoms with van der Waals surface area (Å²) in [5, 5.41) is 0.125. The molecule has 0 aliphatic carbocycles. The van der Waals surface area contributed by atoms with Gasteiger partial charge in [-0.05, 0) is 43.9 Å². The number of amides is 1. The number of nitrogens with zero attached hydrogens (tertiary/aromatic N) is 1. The van der Waals surface area contributed by atoms with E-state index in [1.807, 2.05) is 17.9 Å². The maximum absolute atomic E-state index is 13.3. The van der Waals surface area contributed by atoms with E-state index in [2.05, 4.69) is 0 Å². The molecule has 22 heavy (non-hydrogen) atoms. The normalized spacial score (nSPS) is 24.7. The lowest BCUT2D eigenvalue weighted by atomic mass is 10.1. The smallest absolute Gasteiger partial charge is 0.236 e. The molecule has 1 aromatic carbocycles. The molecule has 0 spiro atoms. The Labute approximate surface area is 135 Å². The first-order chi connectivity index (χ1) is 10.6. The van der Waals surface area contributed by atoms with Crippen LogP contribution in [0.4, 0.5) is 4.39 Å². The third-order valence-corrected chi connectivity index (χ3v) is 5.96. The summed E-state index contributed by atoms with van der Waals surface area (Å²) in [5.74, 6) is 0.0340. The van der Waals surface area contributed by atoms with Crippen molar-refractivity contribution >= 4 is 17.7 Å². The number of hydrogen-bond donors (Lipinski definition) is 0. The summed E-state index contributed by atoms with van der Waals surface area (Å²) in [6.07, 6.45) is 2.78. The SMILES string of the molecule is C[C@H](S[C@H]1CCN(C2CCOCC2)C1=O)c1cccc(F)c1. The molecule has 0 saturated carbocycles. The van der Waals surface area contributed by atoms with Crippen LogP contribution in [0, 0.1) is 5.82 Å². The molecule has 2 aliphatic rings. The molecule has 2 atom stereocenters. The number of rotatable bonds is 4. The van der Waals surface area contributed by atoms with Crippen LogP contribution in [-0.4, -0.2) is 41.9 Å². The van der Waals surface area contributed by atoms with Gasteiger partial charge in [0.1, 0.15) is 5.82 Å². The number of ether oxygens (including phenoxy) is 1. The van der Waals surface area contributed by atoms with Gasteiger partial charge in [0.2, 0.25) is 5.91 Å². The number of halogens is 1. The van der Waals surface area contributed by atoms with Gasteiger partial charge in [-0.15, -0.1) is 11.8 Å². The zero-order valence-corrected chi connectivity index (χ0v) is 13.7. The van der Waals surface area contributed by atoms with Crippen LogP contribution in [0.15, 0.2) is 24.3 Å². The van der Waals surface area contributed by atoms with Gasteiger partial charge in [0.15, 0.2) is 0 Å². The van der Waals surface area contributed by atoms with Crippen molar-refractivity contribution in [1.29, 1.82) is 0 Å². The van der Waals surface area contributed by atoms with E-state index in [-0.39, 0.29) is 22.2 Å². The minimum absolute atomic E-state index is 0.00103. The van der Waals surface area contributed by atoms with Gasteiger partial charge in [0.05, 0.1) is 5.25 Å². The molecular formula is C17H22FNO2S. The largest absolute Gasteiger partial charge is 0.381 e. The minimum atomic E-state index is -0.216. The fourth-order valence-electron chi connectivity index (χ4n) is 3.24. The van der Waals surface area contributed by atoms with Crippen LogP contribution in [0.25, 0.3) is 0 Å². The molecule has 5 heteroatoms. The van der Waals surface area contributed by atoms with Gasteiger partial charge in [-0.2, -0.15) is 0 Å². The van der Waals surface area contributed by atoms with Crippen molar-refractivity contribution < 1.29 is 13.9 Å². The number of likely N-dealkylation sites (tertiary alicyclic amines) is 1. The van der Waals surface area contributed by atoms with E-state index in [1.54, 1.807) is 23.9 Å². The van der Waals surface area contributed by atoms with E-state index in [0.717, 1.165) is 44.6 Å². The molecule has 2 fully saturated rings. The highest BCUT2D eigenvalue weighted by Crippen LogP contribution is 2.37. The van der Waals surface area contributed by atoms with E-state index in [0.29, 0.717) is 6.04 Å². The van der Waals surface area contributed by atoms with Crippen molar-refractivity contribution in [3.05, 3.63) is 35.6 Å². The van der Waals surface area contributed by atoms with Gasteiger partial charge in [-0.3, -0.25) is 4.79 Å². The lowest BCUT2D eigenvalue weighted by Gasteiger charge is -2.31. The van der Waals surface area contributed by atoms with Crippen LogP contribution in [0.3, 0.4) is 0 Å². The average molecular weight is 323 g/mol. The van der Waals surface area contributed by atoms with Crippen LogP contribution in [0.1, 0.15) is 37.0 Å². The first-order valence-corrected chi connectivity index (χ1v) is 8.88. The quantitative estimate of drug-likeness (QED) is 0.850. The number of carbonyl (C=O) groups is 1. The van der Waals surface area contributed by atoms with Crippen molar-refractivity contribution in [3.63, 3.8) is 0 Å². The van der Waals surface area contributed by atoms with Gasteiger partial charge in [-0.25, -0.2) is 4.39 Å². The second-order valence-electron chi connectivity index (χ2n) is 5.99. The molecule has 2 saturated heterocycles. The minimum Gasteiger partial charge on any atom is -0.381 e. The monoisotopic (exact) mass is 323 g/mol. The topological polar surface area (TPSA) is 29.5 Å². The number of hydrogen-bond acceptors (Lipinski definition) is 3. The number of carbonyl (C=O) groups excluding carboxylic acids is 1. The first-order valence-electron chi connectivity index (χ1n) is 7.94. The molecule has 0 bridgehead atoms. The van der Waals surface area contributed by atoms with Crippen molar-refractivity contribution in [2.24, 2.45) is 0 Å². The zero-order chi connectivity index (χ0) is 15.5. The summed E-state index contributed by atoms with van der Waals surface area (Å²) in [4.78, 5) is 14.7. The molecule has 0 radical (unpaired) electrons. The van der Waals surface area contributed by atoms with Crippen LogP contribution in [0.5, 0.6) is 0 Å². The summed E-state index contributed by atoms with van der Waals surface area (Å²) in [7, 11) is 0. The van der Waals surface area contributed by atoms with Gasteiger partial charge in [0, 0.05) is 31.1 Å². The summed E-state index contributed by atoms with van der Waals surface area (Å²) >= 11 is 1.66. The molecule has 3 nitrogen and oxygen atoms in total. The summed E-state index contributed by atoms with van der Waals surface area (Å²) < 4.78 is 18.7. The fraction of sp³-hybridized carbons (Fsp3) is 0.588. The molecule has 1 amide bonds. The molecule has 3 rings (SSSR count). The van der Waals surface area contributed by atoms with Crippen LogP contribution in [-0.2, 0) is 9.53 Å². The molecular weight excluding hydrogens is 301 g/mol. The predicted molar refractivity (Wildman–Crippen MR) is 86.4 cm³/mol. The van der Waals surface area contributed by atoms with E-state index in [4.69, 9.17) is 4.74 Å². The maximum Gasteiger partial charge on any atom is 0.236 e. The fourth-order valence-corrected chi connectivity index (χ4v) is 4.53. The Hall–Kier alpha value is -1.07. The first kappa shape index (κ1) is 15.8. The third kappa shape index (κ3) is 3.46. The standard InChI is InChI=1S/C17H22FNO2S/c1-12(13-3-2-4-14(18)11-13)22-16-5-8-19(17(16)20)15-6-9-21-10-7-15/h2-4,11-12,15-16H,5-10H2,1H3/t12-,16-/m0/s1. The Morgan fingerprint density at radius 3 is 2.82 bits per heavy atom. The summed E-state index contributed by atoms with van der Waals surface area (Å²) in [5.41, 5.74) is 0.947. The lowest BCUT2D eigenvalue weighted by molar-refractivity contribution is -0.130. The third-order valence-electron chi connectivity index (χ3n) is 4.51. The lowest BCUT2D eigenvalue weighted by Crippen LogP contribution is -2.41. The summed E-state index contributed by atoms with van der Waals surface area (Å²) in [6.45, 7) is 4.40. The van der Waals surface area contributed by atoms with E-state index in [9.17, 15) is 9.18 Å². The van der Waals surface area contributed by atoms with Crippen molar-refractivity contribution in [3.8, 4) is 0 Å². The Bertz CT molecular complexity index is 533. The zero-order valence-electron chi connectivity index (χ0n) is 12.8. The van der Waals surface area contributed by atoms with Crippen molar-refractivity contribution in [2.75, 3.05) is 19.8 Å². The second kappa shape index (κ2) is 7.01. The highest BCUT2D eigenvalue weighted by molar-refractivity contribution is 8.00. The van der Waals surface area contributed by atoms with Crippen LogP contribution >= 0.6 is 11.8 Å². The molecule has 0 N–H and O–H groups in total. The van der Waals surface area contributed by atoms with Crippen LogP contribution in [0.2, 0.25) is 0 Å². The maximum atomic E-state index is 13.3. The molecule has 0 unspecified atom stereocenters. The molecule has 120 valence electrons. The predicted octanol–water partition coefficient (Wildman–Crippen LogP) is 3.40. The van der Waals surface area contributed by atoms with Crippen LogP contribution < -0.4 is 0 Å².